The highest BCUT2D eigenvalue weighted by Crippen LogP contribution is 2.23. The molecule has 0 heterocycles. The van der Waals surface area contributed by atoms with Gasteiger partial charge in [0.05, 0.1) is 5.56 Å². The topological polar surface area (TPSA) is 98.8 Å². The SMILES string of the molecule is CC(=O)Oc1ccc(-c2ccc(C(=O)OCC(=O)Nc3cccc(C(C)=O)c3)cc2)cc1. The molecule has 32 heavy (non-hydrogen) atoms. The number of amides is 1. The highest BCUT2D eigenvalue weighted by atomic mass is 16.5. The molecule has 0 spiro atoms. The zero-order chi connectivity index (χ0) is 23.1. The van der Waals surface area contributed by atoms with E-state index in [1.165, 1.54) is 13.8 Å². The molecule has 0 unspecified atom stereocenters. The predicted molar refractivity (Wildman–Crippen MR) is 119 cm³/mol. The lowest BCUT2D eigenvalue weighted by molar-refractivity contribution is -0.131. The molecule has 0 saturated carbocycles. The summed E-state index contributed by atoms with van der Waals surface area (Å²) in [6, 6.07) is 20.2. The Labute approximate surface area is 185 Å². The zero-order valence-corrected chi connectivity index (χ0v) is 17.6. The molecule has 7 heteroatoms. The minimum atomic E-state index is -0.630. The van der Waals surface area contributed by atoms with Crippen LogP contribution < -0.4 is 10.1 Å². The summed E-state index contributed by atoms with van der Waals surface area (Å²) in [7, 11) is 0. The molecular formula is C25H21NO6. The molecule has 7 nitrogen and oxygen atoms in total. The van der Waals surface area contributed by atoms with Gasteiger partial charge >= 0.3 is 11.9 Å². The fourth-order valence-corrected chi connectivity index (χ4v) is 2.91. The van der Waals surface area contributed by atoms with Crippen LogP contribution in [0.5, 0.6) is 5.75 Å². The van der Waals surface area contributed by atoms with Gasteiger partial charge in [0.25, 0.3) is 5.91 Å². The summed E-state index contributed by atoms with van der Waals surface area (Å²) in [6.45, 7) is 2.32. The number of ketones is 1. The monoisotopic (exact) mass is 431 g/mol. The number of ether oxygens (including phenoxy) is 2. The standard InChI is InChI=1S/C25H21NO6/c1-16(27)21-4-3-5-22(14-21)26-24(29)15-31-25(30)20-8-6-18(7-9-20)19-10-12-23(13-11-19)32-17(2)28/h3-14H,15H2,1-2H3,(H,26,29). The van der Waals surface area contributed by atoms with Gasteiger partial charge in [-0.3, -0.25) is 14.4 Å². The number of carbonyl (C=O) groups is 4. The Hall–Kier alpha value is -4.26. The predicted octanol–water partition coefficient (Wildman–Crippen LogP) is 4.28. The average molecular weight is 431 g/mol. The van der Waals surface area contributed by atoms with Crippen LogP contribution in [0.2, 0.25) is 0 Å². The number of carbonyl (C=O) groups excluding carboxylic acids is 4. The highest BCUT2D eigenvalue weighted by Gasteiger charge is 2.11. The number of benzene rings is 3. The molecule has 1 N–H and O–H groups in total. The molecule has 0 aliphatic carbocycles. The van der Waals surface area contributed by atoms with Crippen molar-refractivity contribution in [2.45, 2.75) is 13.8 Å². The number of hydrogen-bond donors (Lipinski definition) is 1. The van der Waals surface area contributed by atoms with Crippen molar-refractivity contribution in [2.24, 2.45) is 0 Å². The van der Waals surface area contributed by atoms with Crippen LogP contribution in [0.25, 0.3) is 11.1 Å². The van der Waals surface area contributed by atoms with E-state index in [0.29, 0.717) is 22.6 Å². The normalized spacial score (nSPS) is 10.2. The van der Waals surface area contributed by atoms with Gasteiger partial charge in [-0.25, -0.2) is 4.79 Å². The molecule has 0 bridgehead atoms. The molecule has 0 aliphatic heterocycles. The van der Waals surface area contributed by atoms with Crippen LogP contribution in [0.1, 0.15) is 34.6 Å². The minimum absolute atomic E-state index is 0.115. The molecule has 0 saturated heterocycles. The molecule has 0 aromatic heterocycles. The van der Waals surface area contributed by atoms with Crippen molar-refractivity contribution in [3.8, 4) is 16.9 Å². The van der Waals surface area contributed by atoms with Crippen LogP contribution >= 0.6 is 0 Å². The summed E-state index contributed by atoms with van der Waals surface area (Å²) < 4.78 is 10.1. The number of nitrogens with one attached hydrogen (secondary N) is 1. The Morgan fingerprint density at radius 3 is 2.00 bits per heavy atom. The second-order valence-electron chi connectivity index (χ2n) is 6.96. The maximum absolute atomic E-state index is 12.2. The first-order valence-corrected chi connectivity index (χ1v) is 9.79. The van der Waals surface area contributed by atoms with Crippen LogP contribution in [0.15, 0.2) is 72.8 Å². The molecular weight excluding hydrogens is 410 g/mol. The Morgan fingerprint density at radius 1 is 0.781 bits per heavy atom. The molecule has 3 aromatic rings. The molecule has 0 aliphatic rings. The van der Waals surface area contributed by atoms with Gasteiger partial charge in [0.15, 0.2) is 12.4 Å². The van der Waals surface area contributed by atoms with Crippen molar-refractivity contribution in [3.63, 3.8) is 0 Å². The molecule has 3 rings (SSSR count). The molecule has 0 radical (unpaired) electrons. The number of Topliss-reactive ketones (excluding diaryl/α,β-unsaturated/α-hetero) is 1. The van der Waals surface area contributed by atoms with E-state index in [2.05, 4.69) is 5.32 Å². The third-order valence-electron chi connectivity index (χ3n) is 4.46. The lowest BCUT2D eigenvalue weighted by Crippen LogP contribution is -2.21. The van der Waals surface area contributed by atoms with E-state index in [9.17, 15) is 19.2 Å². The summed E-state index contributed by atoms with van der Waals surface area (Å²) in [5, 5.41) is 2.59. The lowest BCUT2D eigenvalue weighted by atomic mass is 10.0. The van der Waals surface area contributed by atoms with Crippen LogP contribution in [0.3, 0.4) is 0 Å². The van der Waals surface area contributed by atoms with Gasteiger partial charge in [-0.2, -0.15) is 0 Å². The van der Waals surface area contributed by atoms with Crippen molar-refractivity contribution in [1.29, 1.82) is 0 Å². The van der Waals surface area contributed by atoms with E-state index in [4.69, 9.17) is 9.47 Å². The Morgan fingerprint density at radius 2 is 1.41 bits per heavy atom. The zero-order valence-electron chi connectivity index (χ0n) is 17.6. The summed E-state index contributed by atoms with van der Waals surface area (Å²) in [5.74, 6) is -1.19. The minimum Gasteiger partial charge on any atom is -0.452 e. The van der Waals surface area contributed by atoms with E-state index < -0.39 is 18.5 Å². The Balaban J connectivity index is 1.55. The number of rotatable bonds is 7. The van der Waals surface area contributed by atoms with Crippen LogP contribution in [-0.4, -0.2) is 30.2 Å². The van der Waals surface area contributed by atoms with Gasteiger partial charge in [0.1, 0.15) is 5.75 Å². The van der Waals surface area contributed by atoms with Crippen molar-refractivity contribution in [2.75, 3.05) is 11.9 Å². The first-order valence-electron chi connectivity index (χ1n) is 9.79. The van der Waals surface area contributed by atoms with E-state index in [-0.39, 0.29) is 11.8 Å². The van der Waals surface area contributed by atoms with E-state index in [1.807, 2.05) is 0 Å². The number of hydrogen-bond acceptors (Lipinski definition) is 6. The van der Waals surface area contributed by atoms with Crippen LogP contribution in [0, 0.1) is 0 Å². The second-order valence-corrected chi connectivity index (χ2v) is 6.96. The summed E-state index contributed by atoms with van der Waals surface area (Å²) in [6.07, 6.45) is 0. The van der Waals surface area contributed by atoms with E-state index in [1.54, 1.807) is 72.8 Å². The van der Waals surface area contributed by atoms with Gasteiger partial charge in [-0.05, 0) is 54.4 Å². The second kappa shape index (κ2) is 10.2. The fourth-order valence-electron chi connectivity index (χ4n) is 2.91. The summed E-state index contributed by atoms with van der Waals surface area (Å²) in [4.78, 5) is 46.7. The van der Waals surface area contributed by atoms with Crippen LogP contribution in [-0.2, 0) is 14.3 Å². The Kier molecular flexibility index (Phi) is 7.13. The first kappa shape index (κ1) is 22.4. The van der Waals surface area contributed by atoms with Crippen molar-refractivity contribution < 1.29 is 28.7 Å². The number of anilines is 1. The maximum Gasteiger partial charge on any atom is 0.338 e. The van der Waals surface area contributed by atoms with Crippen molar-refractivity contribution >= 4 is 29.3 Å². The maximum atomic E-state index is 12.2. The van der Waals surface area contributed by atoms with E-state index in [0.717, 1.165) is 11.1 Å². The largest absolute Gasteiger partial charge is 0.452 e. The van der Waals surface area contributed by atoms with Gasteiger partial charge in [-0.15, -0.1) is 0 Å². The summed E-state index contributed by atoms with van der Waals surface area (Å²) in [5.41, 5.74) is 2.97. The lowest BCUT2D eigenvalue weighted by Gasteiger charge is -2.08. The Bertz CT molecular complexity index is 1150. The third-order valence-corrected chi connectivity index (χ3v) is 4.46. The summed E-state index contributed by atoms with van der Waals surface area (Å²) >= 11 is 0. The smallest absolute Gasteiger partial charge is 0.338 e. The van der Waals surface area contributed by atoms with Crippen molar-refractivity contribution in [3.05, 3.63) is 83.9 Å². The third kappa shape index (κ3) is 6.12. The molecule has 3 aromatic carbocycles. The number of esters is 2. The van der Waals surface area contributed by atoms with Gasteiger partial charge in [0, 0.05) is 18.2 Å². The van der Waals surface area contributed by atoms with Gasteiger partial charge in [-0.1, -0.05) is 36.4 Å². The molecule has 162 valence electrons. The van der Waals surface area contributed by atoms with Crippen LogP contribution in [0.4, 0.5) is 5.69 Å². The molecule has 0 fully saturated rings. The molecule has 0 atom stereocenters. The fraction of sp³-hybridized carbons (Fsp3) is 0.120. The van der Waals surface area contributed by atoms with Crippen molar-refractivity contribution in [1.82, 2.24) is 0 Å². The quantitative estimate of drug-likeness (QED) is 0.341. The van der Waals surface area contributed by atoms with E-state index >= 15 is 0 Å². The molecule has 1 amide bonds. The van der Waals surface area contributed by atoms with Gasteiger partial charge in [0.2, 0.25) is 0 Å². The highest BCUT2D eigenvalue weighted by molar-refractivity contribution is 5.98. The van der Waals surface area contributed by atoms with Gasteiger partial charge < -0.3 is 14.8 Å². The average Bonchev–Trinajstić information content (AvgIpc) is 2.78. The first-order chi connectivity index (χ1) is 15.3.